The topological polar surface area (TPSA) is 39.6 Å². The molecule has 0 unspecified atom stereocenters. The maximum Gasteiger partial charge on any atom is 0.0718 e. The van der Waals surface area contributed by atoms with Gasteiger partial charge in [0.15, 0.2) is 0 Å². The quantitative estimate of drug-likeness (QED) is 0.876. The second-order valence-electron chi connectivity index (χ2n) is 5.73. The van der Waals surface area contributed by atoms with Crippen molar-refractivity contribution in [2.24, 2.45) is 0 Å². The molecule has 0 atom stereocenters. The van der Waals surface area contributed by atoms with E-state index in [0.717, 1.165) is 38.4 Å². The molecular formula is C14H23N3O. The smallest absolute Gasteiger partial charge is 0.0718 e. The summed E-state index contributed by atoms with van der Waals surface area (Å²) in [6.45, 7) is 10.5. The van der Waals surface area contributed by atoms with Crippen molar-refractivity contribution in [2.45, 2.75) is 26.4 Å². The van der Waals surface area contributed by atoms with Crippen molar-refractivity contribution in [1.82, 2.24) is 9.88 Å². The second-order valence-corrected chi connectivity index (χ2v) is 5.73. The summed E-state index contributed by atoms with van der Waals surface area (Å²) in [6, 6.07) is 4.19. The van der Waals surface area contributed by atoms with Gasteiger partial charge in [-0.1, -0.05) is 0 Å². The molecule has 2 rings (SSSR count). The van der Waals surface area contributed by atoms with Crippen LogP contribution in [0, 0.1) is 6.92 Å². The fourth-order valence-electron chi connectivity index (χ4n) is 2.36. The van der Waals surface area contributed by atoms with E-state index in [-0.39, 0.29) is 0 Å². The van der Waals surface area contributed by atoms with Crippen molar-refractivity contribution in [3.8, 4) is 0 Å². The van der Waals surface area contributed by atoms with E-state index in [2.05, 4.69) is 26.9 Å². The lowest BCUT2D eigenvalue weighted by molar-refractivity contribution is 0.0345. The predicted molar refractivity (Wildman–Crippen MR) is 73.9 cm³/mol. The molecule has 100 valence electrons. The third-order valence-corrected chi connectivity index (χ3v) is 3.24. The second kappa shape index (κ2) is 5.24. The van der Waals surface area contributed by atoms with Crippen LogP contribution in [-0.4, -0.2) is 53.3 Å². The van der Waals surface area contributed by atoms with Gasteiger partial charge in [-0.15, -0.1) is 0 Å². The van der Waals surface area contributed by atoms with Crippen LogP contribution in [0.1, 0.15) is 19.5 Å². The van der Waals surface area contributed by atoms with E-state index < -0.39 is 5.60 Å². The Morgan fingerprint density at radius 3 is 2.39 bits per heavy atom. The molecule has 0 saturated carbocycles. The van der Waals surface area contributed by atoms with Gasteiger partial charge >= 0.3 is 0 Å². The van der Waals surface area contributed by atoms with E-state index >= 15 is 0 Å². The Bertz CT molecular complexity index is 375. The molecule has 0 aliphatic carbocycles. The minimum atomic E-state index is -0.604. The minimum absolute atomic E-state index is 0.604. The Morgan fingerprint density at radius 1 is 1.22 bits per heavy atom. The zero-order valence-corrected chi connectivity index (χ0v) is 11.6. The largest absolute Gasteiger partial charge is 0.389 e. The highest BCUT2D eigenvalue weighted by atomic mass is 16.3. The average molecular weight is 249 g/mol. The van der Waals surface area contributed by atoms with Crippen LogP contribution in [0.15, 0.2) is 18.3 Å². The number of hydrogen-bond donors (Lipinski definition) is 1. The summed E-state index contributed by atoms with van der Waals surface area (Å²) in [6.07, 6.45) is 1.95. The van der Waals surface area contributed by atoms with E-state index in [1.54, 1.807) is 0 Å². The molecule has 1 N–H and O–H groups in total. The highest BCUT2D eigenvalue weighted by Crippen LogP contribution is 2.16. The van der Waals surface area contributed by atoms with E-state index in [1.807, 2.05) is 27.0 Å². The zero-order valence-electron chi connectivity index (χ0n) is 11.6. The summed E-state index contributed by atoms with van der Waals surface area (Å²) >= 11 is 0. The van der Waals surface area contributed by atoms with Crippen molar-refractivity contribution in [2.75, 3.05) is 37.6 Å². The lowest BCUT2D eigenvalue weighted by atomic mass is 10.1. The summed E-state index contributed by atoms with van der Waals surface area (Å²) < 4.78 is 0. The summed E-state index contributed by atoms with van der Waals surface area (Å²) in [5, 5.41) is 9.82. The first-order chi connectivity index (χ1) is 8.44. The van der Waals surface area contributed by atoms with Crippen LogP contribution in [-0.2, 0) is 0 Å². The van der Waals surface area contributed by atoms with Gasteiger partial charge in [-0.25, -0.2) is 0 Å². The monoisotopic (exact) mass is 249 g/mol. The molecule has 18 heavy (non-hydrogen) atoms. The highest BCUT2D eigenvalue weighted by molar-refractivity contribution is 5.44. The first-order valence-electron chi connectivity index (χ1n) is 6.56. The predicted octanol–water partition coefficient (Wildman–Crippen LogP) is 1.28. The van der Waals surface area contributed by atoms with Gasteiger partial charge in [-0.3, -0.25) is 9.88 Å². The molecule has 2 heterocycles. The van der Waals surface area contributed by atoms with Gasteiger partial charge in [0.1, 0.15) is 0 Å². The summed E-state index contributed by atoms with van der Waals surface area (Å²) in [7, 11) is 0. The molecule has 0 aromatic carbocycles. The maximum absolute atomic E-state index is 9.82. The molecule has 0 amide bonds. The highest BCUT2D eigenvalue weighted by Gasteiger charge is 2.22. The van der Waals surface area contributed by atoms with Crippen molar-refractivity contribution in [3.05, 3.63) is 24.0 Å². The Balaban J connectivity index is 1.88. The summed E-state index contributed by atoms with van der Waals surface area (Å²) in [5.74, 6) is 0. The number of rotatable bonds is 3. The number of hydrogen-bond acceptors (Lipinski definition) is 4. The van der Waals surface area contributed by atoms with Crippen LogP contribution < -0.4 is 4.90 Å². The van der Waals surface area contributed by atoms with Crippen LogP contribution in [0.3, 0.4) is 0 Å². The average Bonchev–Trinajstić information content (AvgIpc) is 2.29. The first kappa shape index (κ1) is 13.3. The fourth-order valence-corrected chi connectivity index (χ4v) is 2.36. The molecule has 0 bridgehead atoms. The van der Waals surface area contributed by atoms with E-state index in [9.17, 15) is 5.11 Å². The van der Waals surface area contributed by atoms with Crippen molar-refractivity contribution in [1.29, 1.82) is 0 Å². The lowest BCUT2D eigenvalue weighted by Crippen LogP contribution is -2.50. The van der Waals surface area contributed by atoms with Crippen LogP contribution in [0.25, 0.3) is 0 Å². The summed E-state index contributed by atoms with van der Waals surface area (Å²) in [5.41, 5.74) is 1.65. The van der Waals surface area contributed by atoms with Crippen LogP contribution in [0.2, 0.25) is 0 Å². The number of aryl methyl sites for hydroxylation is 1. The molecule has 1 aromatic heterocycles. The van der Waals surface area contributed by atoms with E-state index in [0.29, 0.717) is 0 Å². The van der Waals surface area contributed by atoms with E-state index in [4.69, 9.17) is 0 Å². The Kier molecular flexibility index (Phi) is 3.88. The molecule has 0 spiro atoms. The van der Waals surface area contributed by atoms with Crippen LogP contribution >= 0.6 is 0 Å². The molecule has 1 aliphatic rings. The van der Waals surface area contributed by atoms with E-state index in [1.165, 1.54) is 5.69 Å². The number of β-amino-alcohol motifs (C(OH)–C–C–N with tert-alkyl or cyclic N) is 1. The lowest BCUT2D eigenvalue weighted by Gasteiger charge is -2.38. The van der Waals surface area contributed by atoms with Crippen LogP contribution in [0.5, 0.6) is 0 Å². The third-order valence-electron chi connectivity index (χ3n) is 3.24. The molecular weight excluding hydrogens is 226 g/mol. The Labute approximate surface area is 109 Å². The number of nitrogens with zero attached hydrogens (tertiary/aromatic N) is 3. The van der Waals surface area contributed by atoms with Crippen LogP contribution in [0.4, 0.5) is 5.69 Å². The van der Waals surface area contributed by atoms with Gasteiger partial charge in [-0.05, 0) is 32.9 Å². The third kappa shape index (κ3) is 3.68. The van der Waals surface area contributed by atoms with Gasteiger partial charge in [0.05, 0.1) is 17.5 Å². The number of anilines is 1. The minimum Gasteiger partial charge on any atom is -0.389 e. The van der Waals surface area contributed by atoms with Gasteiger partial charge < -0.3 is 10.0 Å². The maximum atomic E-state index is 9.82. The number of pyridine rings is 1. The molecule has 4 heteroatoms. The van der Waals surface area contributed by atoms with Gasteiger partial charge in [0, 0.05) is 38.4 Å². The van der Waals surface area contributed by atoms with Gasteiger partial charge in [0.25, 0.3) is 0 Å². The number of aliphatic hydroxyl groups is 1. The molecule has 1 fully saturated rings. The SMILES string of the molecule is Cc1ccc(N2CCN(CC(C)(C)O)CC2)cn1. The standard InChI is InChI=1S/C14H23N3O/c1-12-4-5-13(10-15-12)17-8-6-16(7-9-17)11-14(2,3)18/h4-5,10,18H,6-9,11H2,1-3H3. The normalized spacial score (nSPS) is 18.1. The van der Waals surface area contributed by atoms with Crippen molar-refractivity contribution in [3.63, 3.8) is 0 Å². The molecule has 1 aromatic rings. The van der Waals surface area contributed by atoms with Gasteiger partial charge in [-0.2, -0.15) is 0 Å². The fraction of sp³-hybridized carbons (Fsp3) is 0.643. The molecule has 1 aliphatic heterocycles. The first-order valence-corrected chi connectivity index (χ1v) is 6.56. The summed E-state index contributed by atoms with van der Waals surface area (Å²) in [4.78, 5) is 9.01. The Hall–Kier alpha value is -1.13. The molecule has 0 radical (unpaired) electrons. The van der Waals surface area contributed by atoms with Gasteiger partial charge in [0.2, 0.25) is 0 Å². The zero-order chi connectivity index (χ0) is 13.2. The van der Waals surface area contributed by atoms with Crippen molar-refractivity contribution >= 4 is 5.69 Å². The number of piperazine rings is 1. The van der Waals surface area contributed by atoms with Crippen molar-refractivity contribution < 1.29 is 5.11 Å². The number of aromatic nitrogens is 1. The Morgan fingerprint density at radius 2 is 1.89 bits per heavy atom. The molecule has 4 nitrogen and oxygen atoms in total. The molecule has 1 saturated heterocycles.